The molecule has 1 rings (SSSR count). The van der Waals surface area contributed by atoms with E-state index in [0.717, 1.165) is 13.1 Å². The number of rotatable bonds is 6. The molecule has 5 nitrogen and oxygen atoms in total. The highest BCUT2D eigenvalue weighted by molar-refractivity contribution is 7.90. The molecule has 0 N–H and O–H groups in total. The Morgan fingerprint density at radius 3 is 2.76 bits per heavy atom. The Kier molecular flexibility index (Phi) is 5.55. The van der Waals surface area contributed by atoms with Crippen LogP contribution in [0, 0.1) is 0 Å². The predicted molar refractivity (Wildman–Crippen MR) is 65.8 cm³/mol. The van der Waals surface area contributed by atoms with Crippen LogP contribution in [0.5, 0.6) is 0 Å². The SMILES string of the molecule is CCN1CCOC(C(=O)CCCS(C)(=O)=O)C1. The van der Waals surface area contributed by atoms with Crippen molar-refractivity contribution in [1.29, 1.82) is 0 Å². The van der Waals surface area contributed by atoms with Gasteiger partial charge in [0.15, 0.2) is 5.78 Å². The molecule has 1 unspecified atom stereocenters. The minimum Gasteiger partial charge on any atom is -0.368 e. The molecule has 0 amide bonds. The minimum absolute atomic E-state index is 0.0202. The third-order valence-electron chi connectivity index (χ3n) is 2.90. The number of Topliss-reactive ketones (excluding diaryl/α,β-unsaturated/α-hetero) is 1. The topological polar surface area (TPSA) is 63.7 Å². The number of hydrogen-bond acceptors (Lipinski definition) is 5. The van der Waals surface area contributed by atoms with Crippen LogP contribution < -0.4 is 0 Å². The fourth-order valence-corrected chi connectivity index (χ4v) is 2.52. The fourth-order valence-electron chi connectivity index (χ4n) is 1.85. The summed E-state index contributed by atoms with van der Waals surface area (Å²) < 4.78 is 27.3. The molecule has 0 radical (unpaired) electrons. The number of carbonyl (C=O) groups excluding carboxylic acids is 1. The van der Waals surface area contributed by atoms with Crippen molar-refractivity contribution in [3.8, 4) is 0 Å². The second-order valence-electron chi connectivity index (χ2n) is 4.45. The lowest BCUT2D eigenvalue weighted by Crippen LogP contribution is -2.45. The van der Waals surface area contributed by atoms with Crippen molar-refractivity contribution < 1.29 is 17.9 Å². The van der Waals surface area contributed by atoms with E-state index in [9.17, 15) is 13.2 Å². The van der Waals surface area contributed by atoms with E-state index < -0.39 is 9.84 Å². The van der Waals surface area contributed by atoms with Crippen molar-refractivity contribution in [3.05, 3.63) is 0 Å². The number of sulfone groups is 1. The lowest BCUT2D eigenvalue weighted by molar-refractivity contribution is -0.136. The molecule has 1 fully saturated rings. The number of nitrogens with zero attached hydrogens (tertiary/aromatic N) is 1. The van der Waals surface area contributed by atoms with E-state index in [2.05, 4.69) is 11.8 Å². The number of carbonyl (C=O) groups is 1. The minimum atomic E-state index is -2.97. The maximum Gasteiger partial charge on any atom is 0.162 e. The molecule has 0 bridgehead atoms. The summed E-state index contributed by atoms with van der Waals surface area (Å²) in [6.07, 6.45) is 1.50. The highest BCUT2D eigenvalue weighted by Gasteiger charge is 2.25. The van der Waals surface area contributed by atoms with Gasteiger partial charge in [-0.25, -0.2) is 8.42 Å². The molecule has 17 heavy (non-hydrogen) atoms. The molecule has 1 heterocycles. The molecule has 1 aliphatic rings. The summed E-state index contributed by atoms with van der Waals surface area (Å²) in [6.45, 7) is 5.04. The number of ketones is 1. The molecule has 1 saturated heterocycles. The second-order valence-corrected chi connectivity index (χ2v) is 6.71. The number of ether oxygens (including phenoxy) is 1. The molecule has 100 valence electrons. The van der Waals surface area contributed by atoms with Crippen molar-refractivity contribution in [2.45, 2.75) is 25.9 Å². The van der Waals surface area contributed by atoms with E-state index in [1.165, 1.54) is 6.26 Å². The summed E-state index contributed by atoms with van der Waals surface area (Å²) in [4.78, 5) is 14.0. The Bertz CT molecular complexity index is 352. The van der Waals surface area contributed by atoms with Crippen LogP contribution in [0.15, 0.2) is 0 Å². The van der Waals surface area contributed by atoms with Gasteiger partial charge in [-0.2, -0.15) is 0 Å². The van der Waals surface area contributed by atoms with Crippen LogP contribution in [-0.4, -0.2) is 63.5 Å². The summed E-state index contributed by atoms with van der Waals surface area (Å²) in [6, 6.07) is 0. The standard InChI is InChI=1S/C11H21NO4S/c1-3-12-6-7-16-11(9-12)10(13)5-4-8-17(2,14)15/h11H,3-9H2,1-2H3. The molecule has 0 aromatic rings. The van der Waals surface area contributed by atoms with E-state index >= 15 is 0 Å². The quantitative estimate of drug-likeness (QED) is 0.680. The van der Waals surface area contributed by atoms with Crippen LogP contribution in [0.4, 0.5) is 0 Å². The lowest BCUT2D eigenvalue weighted by Gasteiger charge is -2.31. The first-order chi connectivity index (χ1) is 7.92. The van der Waals surface area contributed by atoms with Gasteiger partial charge in [-0.05, 0) is 13.0 Å². The van der Waals surface area contributed by atoms with E-state index in [-0.39, 0.29) is 24.1 Å². The van der Waals surface area contributed by atoms with Gasteiger partial charge in [0.05, 0.1) is 12.4 Å². The molecular formula is C11H21NO4S. The zero-order valence-corrected chi connectivity index (χ0v) is 11.3. The molecule has 0 saturated carbocycles. The van der Waals surface area contributed by atoms with E-state index in [4.69, 9.17) is 4.74 Å². The number of hydrogen-bond donors (Lipinski definition) is 0. The first kappa shape index (κ1) is 14.6. The van der Waals surface area contributed by atoms with Gasteiger partial charge in [-0.15, -0.1) is 0 Å². The number of morpholine rings is 1. The van der Waals surface area contributed by atoms with Crippen LogP contribution >= 0.6 is 0 Å². The van der Waals surface area contributed by atoms with Crippen LogP contribution in [0.3, 0.4) is 0 Å². The van der Waals surface area contributed by atoms with Gasteiger partial charge in [-0.1, -0.05) is 6.92 Å². The van der Waals surface area contributed by atoms with Crippen LogP contribution in [-0.2, 0) is 19.4 Å². The van der Waals surface area contributed by atoms with Crippen LogP contribution in [0.1, 0.15) is 19.8 Å². The van der Waals surface area contributed by atoms with Gasteiger partial charge in [0.1, 0.15) is 15.9 Å². The van der Waals surface area contributed by atoms with Crippen LogP contribution in [0.25, 0.3) is 0 Å². The monoisotopic (exact) mass is 263 g/mol. The first-order valence-corrected chi connectivity index (χ1v) is 8.03. The zero-order valence-electron chi connectivity index (χ0n) is 10.5. The third kappa shape index (κ3) is 5.61. The van der Waals surface area contributed by atoms with Crippen molar-refractivity contribution in [3.63, 3.8) is 0 Å². The average molecular weight is 263 g/mol. The van der Waals surface area contributed by atoms with Gasteiger partial charge >= 0.3 is 0 Å². The third-order valence-corrected chi connectivity index (χ3v) is 3.93. The van der Waals surface area contributed by atoms with Gasteiger partial charge in [-0.3, -0.25) is 9.69 Å². The highest BCUT2D eigenvalue weighted by atomic mass is 32.2. The second kappa shape index (κ2) is 6.47. The number of likely N-dealkylation sites (N-methyl/N-ethyl adjacent to an activating group) is 1. The van der Waals surface area contributed by atoms with E-state index in [1.54, 1.807) is 0 Å². The molecule has 6 heteroatoms. The maximum absolute atomic E-state index is 11.8. The first-order valence-electron chi connectivity index (χ1n) is 5.97. The van der Waals surface area contributed by atoms with E-state index in [0.29, 0.717) is 19.6 Å². The fraction of sp³-hybridized carbons (Fsp3) is 0.909. The Hall–Kier alpha value is -0.460. The molecule has 0 spiro atoms. The zero-order chi connectivity index (χ0) is 12.9. The highest BCUT2D eigenvalue weighted by Crippen LogP contribution is 2.09. The van der Waals surface area contributed by atoms with Gasteiger partial charge in [0, 0.05) is 25.8 Å². The Balaban J connectivity index is 2.32. The van der Waals surface area contributed by atoms with Crippen molar-refractivity contribution in [2.24, 2.45) is 0 Å². The predicted octanol–water partition coefficient (Wildman–Crippen LogP) is 0.101. The molecule has 0 aromatic carbocycles. The summed E-state index contributed by atoms with van der Waals surface area (Å²) in [5.41, 5.74) is 0. The van der Waals surface area contributed by atoms with Gasteiger partial charge in [0.2, 0.25) is 0 Å². The van der Waals surface area contributed by atoms with Crippen molar-refractivity contribution >= 4 is 15.6 Å². The smallest absolute Gasteiger partial charge is 0.162 e. The van der Waals surface area contributed by atoms with Crippen molar-refractivity contribution in [2.75, 3.05) is 38.2 Å². The Morgan fingerprint density at radius 1 is 1.47 bits per heavy atom. The van der Waals surface area contributed by atoms with Crippen LogP contribution in [0.2, 0.25) is 0 Å². The summed E-state index contributed by atoms with van der Waals surface area (Å²) in [7, 11) is -2.97. The lowest BCUT2D eigenvalue weighted by atomic mass is 10.1. The largest absolute Gasteiger partial charge is 0.368 e. The molecule has 0 aromatic heterocycles. The van der Waals surface area contributed by atoms with Gasteiger partial charge in [0.25, 0.3) is 0 Å². The van der Waals surface area contributed by atoms with Gasteiger partial charge < -0.3 is 4.74 Å². The molecule has 1 aliphatic heterocycles. The van der Waals surface area contributed by atoms with E-state index in [1.807, 2.05) is 0 Å². The average Bonchev–Trinajstić information content (AvgIpc) is 2.27. The Morgan fingerprint density at radius 2 is 2.18 bits per heavy atom. The summed E-state index contributed by atoms with van der Waals surface area (Å²) >= 11 is 0. The summed E-state index contributed by atoms with van der Waals surface area (Å²) in [5.74, 6) is 0.0926. The molecule has 0 aliphatic carbocycles. The van der Waals surface area contributed by atoms with Crippen molar-refractivity contribution in [1.82, 2.24) is 4.90 Å². The normalized spacial score (nSPS) is 22.6. The Labute approximate surface area is 103 Å². The molecule has 1 atom stereocenters. The summed E-state index contributed by atoms with van der Waals surface area (Å²) in [5, 5.41) is 0. The molecular weight excluding hydrogens is 242 g/mol. The maximum atomic E-state index is 11.8.